The van der Waals surface area contributed by atoms with Crippen LogP contribution in [-0.2, 0) is 4.79 Å². The van der Waals surface area contributed by atoms with Crippen LogP contribution in [0.25, 0.3) is 0 Å². The number of hydrogen-bond donors (Lipinski definition) is 1. The fraction of sp³-hybridized carbons (Fsp3) is 0.708. The predicted octanol–water partition coefficient (Wildman–Crippen LogP) is 4.53. The van der Waals surface area contributed by atoms with Gasteiger partial charge in [-0.2, -0.15) is 0 Å². The van der Waals surface area contributed by atoms with Gasteiger partial charge in [0.05, 0.1) is 0 Å². The summed E-state index contributed by atoms with van der Waals surface area (Å²) < 4.78 is 0. The largest absolute Gasteiger partial charge is 0.508 e. The third-order valence-electron chi connectivity index (χ3n) is 7.50. The second-order valence-corrected chi connectivity index (χ2v) is 9.36. The molecule has 1 aromatic rings. The lowest BCUT2D eigenvalue weighted by Crippen LogP contribution is -2.47. The highest BCUT2D eigenvalue weighted by atomic mass is 16.3. The van der Waals surface area contributed by atoms with Crippen molar-refractivity contribution in [1.29, 1.82) is 0 Å². The Morgan fingerprint density at radius 2 is 1.82 bits per heavy atom. The molecule has 2 aliphatic heterocycles. The molecule has 2 heterocycles. The Hall–Kier alpha value is -1.55. The van der Waals surface area contributed by atoms with Crippen molar-refractivity contribution in [2.24, 2.45) is 5.92 Å². The summed E-state index contributed by atoms with van der Waals surface area (Å²) in [4.78, 5) is 17.0. The van der Waals surface area contributed by atoms with Gasteiger partial charge in [-0.25, -0.2) is 0 Å². The Bertz CT molecular complexity index is 656. The summed E-state index contributed by atoms with van der Waals surface area (Å²) in [6.45, 7) is 4.61. The molecule has 1 N–H and O–H groups in total. The minimum absolute atomic E-state index is 0.243. The number of phenols is 1. The van der Waals surface area contributed by atoms with Gasteiger partial charge in [0.1, 0.15) is 5.75 Å². The van der Waals surface area contributed by atoms with E-state index in [-0.39, 0.29) is 5.91 Å². The fourth-order valence-corrected chi connectivity index (χ4v) is 5.99. The maximum Gasteiger partial charge on any atom is 0.219 e. The smallest absolute Gasteiger partial charge is 0.219 e. The summed E-state index contributed by atoms with van der Waals surface area (Å²) >= 11 is 0. The predicted molar refractivity (Wildman–Crippen MR) is 112 cm³/mol. The first-order valence-electron chi connectivity index (χ1n) is 11.4. The van der Waals surface area contributed by atoms with E-state index in [0.717, 1.165) is 19.6 Å². The fourth-order valence-electron chi connectivity index (χ4n) is 5.99. The van der Waals surface area contributed by atoms with Crippen LogP contribution < -0.4 is 0 Å². The van der Waals surface area contributed by atoms with Gasteiger partial charge < -0.3 is 10.0 Å². The zero-order valence-electron chi connectivity index (χ0n) is 17.4. The molecule has 1 aliphatic carbocycles. The summed E-state index contributed by atoms with van der Waals surface area (Å²) in [5.74, 6) is 1.90. The number of benzene rings is 1. The second-order valence-electron chi connectivity index (χ2n) is 9.36. The van der Waals surface area contributed by atoms with Gasteiger partial charge in [0.15, 0.2) is 0 Å². The van der Waals surface area contributed by atoms with E-state index in [2.05, 4.69) is 15.9 Å². The van der Waals surface area contributed by atoms with E-state index in [9.17, 15) is 9.90 Å². The summed E-state index contributed by atoms with van der Waals surface area (Å²) in [6.07, 6.45) is 11.6. The Labute approximate surface area is 169 Å². The average Bonchev–Trinajstić information content (AvgIpc) is 2.93. The summed E-state index contributed by atoms with van der Waals surface area (Å²) in [7, 11) is 0. The number of amides is 1. The normalized spacial score (nSPS) is 28.4. The molecule has 0 spiro atoms. The number of fused-ring (bicyclic) bond motifs is 2. The molecule has 3 fully saturated rings. The summed E-state index contributed by atoms with van der Waals surface area (Å²) in [6, 6.07) is 9.11. The first kappa shape index (κ1) is 19.8. The minimum Gasteiger partial charge on any atom is -0.508 e. The number of piperidine rings is 1. The number of carbonyl (C=O) groups excluding carboxylic acids is 1. The lowest BCUT2D eigenvalue weighted by atomic mass is 9.85. The SMILES string of the molecule is CC(=O)N(CCN1[C@@H]2CC[C@H]1C[C@@H](c1cccc(O)c1)C2)CC1CCCCC1. The molecule has 0 aromatic heterocycles. The number of aromatic hydroxyl groups is 1. The number of rotatable bonds is 6. The van der Waals surface area contributed by atoms with Crippen LogP contribution >= 0.6 is 0 Å². The van der Waals surface area contributed by atoms with E-state index in [0.29, 0.717) is 29.7 Å². The Balaban J connectivity index is 1.33. The molecule has 3 aliphatic rings. The van der Waals surface area contributed by atoms with Crippen molar-refractivity contribution in [3.8, 4) is 5.75 Å². The van der Waals surface area contributed by atoms with Crippen LogP contribution in [0.3, 0.4) is 0 Å². The van der Waals surface area contributed by atoms with Crippen molar-refractivity contribution in [2.45, 2.75) is 82.7 Å². The summed E-state index contributed by atoms with van der Waals surface area (Å²) in [5.41, 5.74) is 1.29. The topological polar surface area (TPSA) is 43.8 Å². The minimum atomic E-state index is 0.243. The van der Waals surface area contributed by atoms with Gasteiger partial charge in [-0.15, -0.1) is 0 Å². The lowest BCUT2D eigenvalue weighted by molar-refractivity contribution is -0.130. The van der Waals surface area contributed by atoms with E-state index in [1.165, 1.54) is 63.4 Å². The molecule has 1 saturated carbocycles. The van der Waals surface area contributed by atoms with Crippen LogP contribution in [0.4, 0.5) is 0 Å². The van der Waals surface area contributed by atoms with Crippen LogP contribution in [0, 0.1) is 5.92 Å². The van der Waals surface area contributed by atoms with Gasteiger partial charge >= 0.3 is 0 Å². The molecule has 28 heavy (non-hydrogen) atoms. The van der Waals surface area contributed by atoms with E-state index in [1.54, 1.807) is 13.0 Å². The second kappa shape index (κ2) is 8.86. The molecule has 4 heteroatoms. The molecular weight excluding hydrogens is 348 g/mol. The van der Waals surface area contributed by atoms with Crippen molar-refractivity contribution in [2.75, 3.05) is 19.6 Å². The first-order chi connectivity index (χ1) is 13.6. The standard InChI is InChI=1S/C24H36N2O2/c1-18(27)25(17-19-6-3-2-4-7-19)12-13-26-22-10-11-23(26)15-21(14-22)20-8-5-9-24(28)16-20/h5,8-9,16,19,21-23,28H,2-4,6-7,10-15,17H2,1H3/t21-,22+,23-. The van der Waals surface area contributed by atoms with E-state index in [4.69, 9.17) is 0 Å². The molecule has 154 valence electrons. The van der Waals surface area contributed by atoms with Gasteiger partial charge in [-0.1, -0.05) is 31.4 Å². The van der Waals surface area contributed by atoms with Gasteiger partial charge in [0.2, 0.25) is 5.91 Å². The van der Waals surface area contributed by atoms with Crippen molar-refractivity contribution in [1.82, 2.24) is 9.80 Å². The van der Waals surface area contributed by atoms with Crippen molar-refractivity contribution >= 4 is 5.91 Å². The lowest BCUT2D eigenvalue weighted by Gasteiger charge is -2.40. The molecule has 2 saturated heterocycles. The zero-order valence-corrected chi connectivity index (χ0v) is 17.4. The highest BCUT2D eigenvalue weighted by Crippen LogP contribution is 2.43. The third-order valence-corrected chi connectivity index (χ3v) is 7.50. The Morgan fingerprint density at radius 1 is 1.11 bits per heavy atom. The highest BCUT2D eigenvalue weighted by molar-refractivity contribution is 5.73. The quantitative estimate of drug-likeness (QED) is 0.783. The molecule has 1 aromatic carbocycles. The molecule has 1 amide bonds. The Kier molecular flexibility index (Phi) is 6.25. The van der Waals surface area contributed by atoms with Crippen molar-refractivity contribution in [3.63, 3.8) is 0 Å². The molecular formula is C24H36N2O2. The van der Waals surface area contributed by atoms with E-state index in [1.807, 2.05) is 12.1 Å². The van der Waals surface area contributed by atoms with E-state index >= 15 is 0 Å². The summed E-state index contributed by atoms with van der Waals surface area (Å²) in [5, 5.41) is 9.83. The number of nitrogens with zero attached hydrogens (tertiary/aromatic N) is 2. The third kappa shape index (κ3) is 4.53. The average molecular weight is 385 g/mol. The van der Waals surface area contributed by atoms with Crippen LogP contribution in [0.2, 0.25) is 0 Å². The number of hydrogen-bond acceptors (Lipinski definition) is 3. The first-order valence-corrected chi connectivity index (χ1v) is 11.4. The molecule has 0 radical (unpaired) electrons. The monoisotopic (exact) mass is 384 g/mol. The maximum absolute atomic E-state index is 12.2. The van der Waals surface area contributed by atoms with Crippen LogP contribution in [-0.4, -0.2) is 52.5 Å². The van der Waals surface area contributed by atoms with Crippen LogP contribution in [0.5, 0.6) is 5.75 Å². The van der Waals surface area contributed by atoms with Crippen LogP contribution in [0.1, 0.15) is 76.2 Å². The molecule has 4 nitrogen and oxygen atoms in total. The molecule has 0 unspecified atom stereocenters. The van der Waals surface area contributed by atoms with Gasteiger partial charge in [-0.05, 0) is 68.1 Å². The molecule has 2 bridgehead atoms. The molecule has 4 rings (SSSR count). The maximum atomic E-state index is 12.2. The number of phenolic OH excluding ortho intramolecular Hbond substituents is 1. The van der Waals surface area contributed by atoms with Crippen molar-refractivity contribution < 1.29 is 9.90 Å². The number of carbonyl (C=O) groups is 1. The van der Waals surface area contributed by atoms with Crippen LogP contribution in [0.15, 0.2) is 24.3 Å². The van der Waals surface area contributed by atoms with Gasteiger partial charge in [-0.3, -0.25) is 9.69 Å². The zero-order chi connectivity index (χ0) is 19.5. The van der Waals surface area contributed by atoms with E-state index < -0.39 is 0 Å². The highest BCUT2D eigenvalue weighted by Gasteiger charge is 2.41. The molecule has 3 atom stereocenters. The Morgan fingerprint density at radius 3 is 2.46 bits per heavy atom. The van der Waals surface area contributed by atoms with Gasteiger partial charge in [0.25, 0.3) is 0 Å². The van der Waals surface area contributed by atoms with Crippen molar-refractivity contribution in [3.05, 3.63) is 29.8 Å². The van der Waals surface area contributed by atoms with Gasteiger partial charge in [0, 0.05) is 38.6 Å².